The molecule has 0 bridgehead atoms. The van der Waals surface area contributed by atoms with Gasteiger partial charge in [-0.15, -0.1) is 0 Å². The Hall–Kier alpha value is -7.43. The van der Waals surface area contributed by atoms with E-state index in [4.69, 9.17) is 15.0 Å². The lowest BCUT2D eigenvalue weighted by Crippen LogP contribution is -2.15. The number of aromatic nitrogens is 4. The number of hydrogen-bond donors (Lipinski definition) is 0. The van der Waals surface area contributed by atoms with Gasteiger partial charge in [0.25, 0.3) is 0 Å². The maximum atomic E-state index is 5.01. The molecular weight excluding hydrogens is 705 g/mol. The number of rotatable bonds is 6. The molecule has 0 saturated carbocycles. The summed E-state index contributed by atoms with van der Waals surface area (Å²) in [5, 5.41) is 2.47. The molecule has 58 heavy (non-hydrogen) atoms. The first-order valence-corrected chi connectivity index (χ1v) is 19.9. The van der Waals surface area contributed by atoms with Crippen LogP contribution in [0.4, 0.5) is 0 Å². The van der Waals surface area contributed by atoms with Crippen LogP contribution in [0.25, 0.3) is 95.0 Å². The summed E-state index contributed by atoms with van der Waals surface area (Å²) in [7, 11) is 0. The van der Waals surface area contributed by atoms with E-state index in [1.807, 2.05) is 60.7 Å². The molecule has 4 nitrogen and oxygen atoms in total. The third-order valence-corrected chi connectivity index (χ3v) is 11.9. The van der Waals surface area contributed by atoms with E-state index < -0.39 is 0 Å². The van der Waals surface area contributed by atoms with Crippen LogP contribution >= 0.6 is 0 Å². The van der Waals surface area contributed by atoms with Gasteiger partial charge in [0.15, 0.2) is 17.5 Å². The Labute approximate surface area is 337 Å². The Bertz CT molecular complexity index is 3110. The number of para-hydroxylation sites is 2. The Kier molecular flexibility index (Phi) is 7.80. The topological polar surface area (TPSA) is 43.6 Å². The lowest BCUT2D eigenvalue weighted by atomic mass is 9.80. The summed E-state index contributed by atoms with van der Waals surface area (Å²) >= 11 is 0. The maximum absolute atomic E-state index is 5.01. The summed E-state index contributed by atoms with van der Waals surface area (Å²) in [6.45, 7) is 4.70. The average molecular weight is 743 g/mol. The number of hydrogen-bond acceptors (Lipinski definition) is 3. The van der Waals surface area contributed by atoms with Gasteiger partial charge in [0, 0.05) is 38.6 Å². The van der Waals surface area contributed by atoms with E-state index in [1.165, 1.54) is 60.8 Å². The first-order valence-electron chi connectivity index (χ1n) is 19.9. The minimum atomic E-state index is -0.140. The Morgan fingerprint density at radius 3 is 1.52 bits per heavy atom. The fourth-order valence-corrected chi connectivity index (χ4v) is 8.96. The molecule has 1 aliphatic rings. The van der Waals surface area contributed by atoms with Crippen molar-refractivity contribution in [3.05, 3.63) is 205 Å². The predicted octanol–water partition coefficient (Wildman–Crippen LogP) is 13.6. The van der Waals surface area contributed by atoms with Crippen molar-refractivity contribution < 1.29 is 0 Å². The van der Waals surface area contributed by atoms with Crippen molar-refractivity contribution in [2.75, 3.05) is 0 Å². The molecule has 0 unspecified atom stereocenters. The highest BCUT2D eigenvalue weighted by molar-refractivity contribution is 6.11. The molecule has 8 aromatic carbocycles. The van der Waals surface area contributed by atoms with E-state index in [9.17, 15) is 0 Å². The van der Waals surface area contributed by atoms with E-state index in [2.05, 4.69) is 152 Å². The van der Waals surface area contributed by atoms with Gasteiger partial charge in [0.2, 0.25) is 0 Å². The normalized spacial score (nSPS) is 12.8. The monoisotopic (exact) mass is 742 g/mol. The molecule has 0 atom stereocenters. The SMILES string of the molecule is CC1(C)c2ccccc2-c2cc(-c3ccc4c(c3)c3ccccc3n4-c3ccccc3)c(-c3ccc(-c4nc(-c5ccccc5)nc(-c5ccccc5)n4)cc3)cc21. The molecule has 11 rings (SSSR count). The van der Waals surface area contributed by atoms with E-state index >= 15 is 0 Å². The molecule has 0 saturated heterocycles. The van der Waals surface area contributed by atoms with Gasteiger partial charge >= 0.3 is 0 Å². The largest absolute Gasteiger partial charge is 0.309 e. The van der Waals surface area contributed by atoms with E-state index in [0.29, 0.717) is 17.5 Å². The fraction of sp³-hybridized carbons (Fsp3) is 0.0556. The fourth-order valence-electron chi connectivity index (χ4n) is 8.96. The third kappa shape index (κ3) is 5.48. The van der Waals surface area contributed by atoms with Gasteiger partial charge in [-0.25, -0.2) is 15.0 Å². The predicted molar refractivity (Wildman–Crippen MR) is 239 cm³/mol. The highest BCUT2D eigenvalue weighted by Gasteiger charge is 2.36. The quantitative estimate of drug-likeness (QED) is 0.170. The Morgan fingerprint density at radius 2 is 0.845 bits per heavy atom. The van der Waals surface area contributed by atoms with Crippen molar-refractivity contribution in [1.82, 2.24) is 19.5 Å². The van der Waals surface area contributed by atoms with Crippen molar-refractivity contribution in [3.8, 4) is 73.2 Å². The number of benzene rings is 8. The molecule has 0 N–H and O–H groups in total. The third-order valence-electron chi connectivity index (χ3n) is 11.9. The molecule has 2 aromatic heterocycles. The van der Waals surface area contributed by atoms with Crippen LogP contribution in [0.15, 0.2) is 194 Å². The smallest absolute Gasteiger partial charge is 0.164 e. The molecule has 2 heterocycles. The van der Waals surface area contributed by atoms with Gasteiger partial charge in [-0.1, -0.05) is 166 Å². The second kappa shape index (κ2) is 13.4. The van der Waals surface area contributed by atoms with Crippen LogP contribution in [0.5, 0.6) is 0 Å². The summed E-state index contributed by atoms with van der Waals surface area (Å²) < 4.78 is 2.38. The molecule has 0 amide bonds. The van der Waals surface area contributed by atoms with Crippen molar-refractivity contribution in [2.45, 2.75) is 19.3 Å². The van der Waals surface area contributed by atoms with Crippen LogP contribution < -0.4 is 0 Å². The Balaban J connectivity index is 1.09. The van der Waals surface area contributed by atoms with Gasteiger partial charge in [0.05, 0.1) is 11.0 Å². The summed E-state index contributed by atoms with van der Waals surface area (Å²) in [4.78, 5) is 14.9. The zero-order chi connectivity index (χ0) is 38.8. The number of nitrogens with zero attached hydrogens (tertiary/aromatic N) is 4. The van der Waals surface area contributed by atoms with Gasteiger partial charge in [-0.3, -0.25) is 0 Å². The molecule has 0 fully saturated rings. The van der Waals surface area contributed by atoms with E-state index in [1.54, 1.807) is 0 Å². The summed E-state index contributed by atoms with van der Waals surface area (Å²) in [5.41, 5.74) is 16.3. The summed E-state index contributed by atoms with van der Waals surface area (Å²) in [6, 6.07) is 69.2. The summed E-state index contributed by atoms with van der Waals surface area (Å²) in [5.74, 6) is 1.95. The first-order chi connectivity index (χ1) is 28.5. The zero-order valence-corrected chi connectivity index (χ0v) is 32.3. The molecule has 10 aromatic rings. The molecule has 0 radical (unpaired) electrons. The Morgan fingerprint density at radius 1 is 0.345 bits per heavy atom. The lowest BCUT2D eigenvalue weighted by molar-refractivity contribution is 0.660. The molecule has 0 spiro atoms. The van der Waals surface area contributed by atoms with Gasteiger partial charge in [-0.2, -0.15) is 0 Å². The second-order valence-corrected chi connectivity index (χ2v) is 15.6. The standard InChI is InChI=1S/C54H38N4/c1-54(2)47-24-14-12-22-41(47)45-33-43(39-30-31-50-46(32-39)42-23-13-15-25-49(42)58(50)40-20-10-5-11-21-40)44(34-48(45)54)35-26-28-38(29-27-35)53-56-51(36-16-6-3-7-17-36)55-52(57-53)37-18-8-4-9-19-37/h3-34H,1-2H3. The molecule has 274 valence electrons. The van der Waals surface area contributed by atoms with Crippen LogP contribution in [0, 0.1) is 0 Å². The zero-order valence-electron chi connectivity index (χ0n) is 32.3. The summed E-state index contributed by atoms with van der Waals surface area (Å²) in [6.07, 6.45) is 0. The van der Waals surface area contributed by atoms with Crippen molar-refractivity contribution >= 4 is 21.8 Å². The lowest BCUT2D eigenvalue weighted by Gasteiger charge is -2.23. The molecule has 0 aliphatic heterocycles. The second-order valence-electron chi connectivity index (χ2n) is 15.6. The van der Waals surface area contributed by atoms with Crippen LogP contribution in [-0.4, -0.2) is 19.5 Å². The van der Waals surface area contributed by atoms with Crippen molar-refractivity contribution in [2.24, 2.45) is 0 Å². The minimum absolute atomic E-state index is 0.140. The average Bonchev–Trinajstić information content (AvgIpc) is 3.74. The van der Waals surface area contributed by atoms with E-state index in [-0.39, 0.29) is 5.41 Å². The highest BCUT2D eigenvalue weighted by Crippen LogP contribution is 2.52. The van der Waals surface area contributed by atoms with Gasteiger partial charge < -0.3 is 4.57 Å². The molecule has 4 heteroatoms. The highest BCUT2D eigenvalue weighted by atomic mass is 15.0. The van der Waals surface area contributed by atoms with Crippen LogP contribution in [0.1, 0.15) is 25.0 Å². The van der Waals surface area contributed by atoms with Crippen LogP contribution in [0.2, 0.25) is 0 Å². The molecule has 1 aliphatic carbocycles. The number of fused-ring (bicyclic) bond motifs is 6. The van der Waals surface area contributed by atoms with Gasteiger partial charge in [-0.05, 0) is 87.0 Å². The van der Waals surface area contributed by atoms with Crippen molar-refractivity contribution in [3.63, 3.8) is 0 Å². The minimum Gasteiger partial charge on any atom is -0.309 e. The first kappa shape index (κ1) is 33.9. The van der Waals surface area contributed by atoms with E-state index in [0.717, 1.165) is 27.9 Å². The van der Waals surface area contributed by atoms with Crippen LogP contribution in [0.3, 0.4) is 0 Å². The van der Waals surface area contributed by atoms with Gasteiger partial charge in [0.1, 0.15) is 0 Å². The molecular formula is C54H38N4. The van der Waals surface area contributed by atoms with Crippen LogP contribution in [-0.2, 0) is 5.41 Å². The maximum Gasteiger partial charge on any atom is 0.164 e. The van der Waals surface area contributed by atoms with Crippen molar-refractivity contribution in [1.29, 1.82) is 0 Å².